The molecule has 0 unspecified atom stereocenters. The van der Waals surface area contributed by atoms with Gasteiger partial charge in [0.15, 0.2) is 6.20 Å². The van der Waals surface area contributed by atoms with Crippen molar-refractivity contribution in [3.05, 3.63) is 88.1 Å². The first-order valence-corrected chi connectivity index (χ1v) is 12.5. The van der Waals surface area contributed by atoms with Crippen LogP contribution in [0.5, 0.6) is 0 Å². The Morgan fingerprint density at radius 3 is 2.65 bits per heavy atom. The van der Waals surface area contributed by atoms with Crippen molar-refractivity contribution in [3.63, 3.8) is 0 Å². The minimum atomic E-state index is -3.66. The summed E-state index contributed by atoms with van der Waals surface area (Å²) in [7, 11) is -3.66. The molecule has 1 N–H and O–H groups in total. The number of hydrogen-bond donors (Lipinski definition) is 1. The number of rotatable bonds is 5. The van der Waals surface area contributed by atoms with E-state index in [1.165, 1.54) is 18.5 Å². The second kappa shape index (κ2) is 8.07. The zero-order chi connectivity index (χ0) is 24.0. The highest BCUT2D eigenvalue weighted by Gasteiger charge is 2.26. The number of carbonyl (C=O) groups is 1. The maximum absolute atomic E-state index is 13.0. The van der Waals surface area contributed by atoms with Crippen LogP contribution in [-0.2, 0) is 9.84 Å². The summed E-state index contributed by atoms with van der Waals surface area (Å²) >= 11 is 0. The van der Waals surface area contributed by atoms with Gasteiger partial charge in [0.2, 0.25) is 15.3 Å². The normalized spacial score (nSPS) is 13.7. The molecule has 0 saturated heterocycles. The molecular formula is C24H20N4O5S. The highest BCUT2D eigenvalue weighted by molar-refractivity contribution is 7.90. The van der Waals surface area contributed by atoms with Crippen LogP contribution in [0.1, 0.15) is 23.2 Å². The van der Waals surface area contributed by atoms with Crippen LogP contribution >= 0.6 is 0 Å². The van der Waals surface area contributed by atoms with E-state index in [2.05, 4.69) is 10.3 Å². The number of pyridine rings is 3. The van der Waals surface area contributed by atoms with Gasteiger partial charge in [-0.3, -0.25) is 9.59 Å². The van der Waals surface area contributed by atoms with E-state index in [0.29, 0.717) is 32.6 Å². The fourth-order valence-electron chi connectivity index (χ4n) is 3.77. The topological polar surface area (TPSA) is 125 Å². The van der Waals surface area contributed by atoms with Crippen molar-refractivity contribution in [1.82, 2.24) is 14.9 Å². The standard InChI is InChI=1S/C24H20N4O5S/c1-34(32,33)21-10-7-16(13-28(21)31)15-4-2-5-18(12-15)27-14-20(24(30)26-17-8-9-17)22(29)19-6-3-11-25-23(19)27/h2-7,10-14,17H,8-9H2,1H3,(H,26,30). The van der Waals surface area contributed by atoms with Crippen molar-refractivity contribution in [2.45, 2.75) is 23.9 Å². The minimum absolute atomic E-state index is 0.0210. The lowest BCUT2D eigenvalue weighted by atomic mass is 10.1. The van der Waals surface area contributed by atoms with E-state index in [1.807, 2.05) is 0 Å². The molecule has 1 saturated carbocycles. The van der Waals surface area contributed by atoms with E-state index in [9.17, 15) is 23.2 Å². The van der Waals surface area contributed by atoms with Gasteiger partial charge < -0.3 is 15.1 Å². The van der Waals surface area contributed by atoms with Crippen molar-refractivity contribution in [2.24, 2.45) is 0 Å². The average Bonchev–Trinajstić information content (AvgIpc) is 3.62. The number of fused-ring (bicyclic) bond motifs is 1. The van der Waals surface area contributed by atoms with Gasteiger partial charge in [0.25, 0.3) is 5.91 Å². The molecule has 1 fully saturated rings. The molecule has 1 aliphatic rings. The van der Waals surface area contributed by atoms with Gasteiger partial charge in [0, 0.05) is 42.0 Å². The molecule has 0 bridgehead atoms. The molecule has 0 radical (unpaired) electrons. The van der Waals surface area contributed by atoms with Crippen LogP contribution in [0.25, 0.3) is 27.8 Å². The predicted molar refractivity (Wildman–Crippen MR) is 125 cm³/mol. The second-order valence-electron chi connectivity index (χ2n) is 8.27. The molecule has 34 heavy (non-hydrogen) atoms. The van der Waals surface area contributed by atoms with Crippen LogP contribution in [0.2, 0.25) is 0 Å². The van der Waals surface area contributed by atoms with E-state index in [-0.39, 0.29) is 16.6 Å². The lowest BCUT2D eigenvalue weighted by molar-refractivity contribution is -0.646. The van der Waals surface area contributed by atoms with Gasteiger partial charge in [-0.05, 0) is 48.7 Å². The predicted octanol–water partition coefficient (Wildman–Crippen LogP) is 1.98. The highest BCUT2D eigenvalue weighted by atomic mass is 32.2. The Morgan fingerprint density at radius 2 is 1.94 bits per heavy atom. The molecule has 1 aromatic carbocycles. The molecule has 4 aromatic rings. The van der Waals surface area contributed by atoms with E-state index < -0.39 is 21.2 Å². The Kier molecular flexibility index (Phi) is 5.17. The van der Waals surface area contributed by atoms with Gasteiger partial charge in [0.1, 0.15) is 11.2 Å². The average molecular weight is 477 g/mol. The van der Waals surface area contributed by atoms with Crippen molar-refractivity contribution >= 4 is 26.8 Å². The molecular weight excluding hydrogens is 456 g/mol. The van der Waals surface area contributed by atoms with E-state index in [0.717, 1.165) is 19.1 Å². The summed E-state index contributed by atoms with van der Waals surface area (Å²) in [6, 6.07) is 13.3. The van der Waals surface area contributed by atoms with Crippen molar-refractivity contribution in [2.75, 3.05) is 6.26 Å². The molecule has 5 rings (SSSR count). The minimum Gasteiger partial charge on any atom is -0.618 e. The first-order chi connectivity index (χ1) is 16.2. The van der Waals surface area contributed by atoms with E-state index >= 15 is 0 Å². The molecule has 3 heterocycles. The largest absolute Gasteiger partial charge is 0.618 e. The smallest absolute Gasteiger partial charge is 0.308 e. The van der Waals surface area contributed by atoms with Gasteiger partial charge in [-0.2, -0.15) is 4.73 Å². The molecule has 0 aliphatic heterocycles. The van der Waals surface area contributed by atoms with Gasteiger partial charge in [-0.1, -0.05) is 12.1 Å². The molecule has 1 aliphatic carbocycles. The Morgan fingerprint density at radius 1 is 1.15 bits per heavy atom. The first-order valence-electron chi connectivity index (χ1n) is 10.6. The highest BCUT2D eigenvalue weighted by Crippen LogP contribution is 2.24. The van der Waals surface area contributed by atoms with E-state index in [1.54, 1.807) is 53.2 Å². The van der Waals surface area contributed by atoms with Gasteiger partial charge in [0.05, 0.1) is 5.39 Å². The third-order valence-corrected chi connectivity index (χ3v) is 6.71. The van der Waals surface area contributed by atoms with Gasteiger partial charge >= 0.3 is 5.03 Å². The van der Waals surface area contributed by atoms with Crippen LogP contribution < -0.4 is 15.5 Å². The van der Waals surface area contributed by atoms with Crippen LogP contribution in [0, 0.1) is 5.21 Å². The Balaban J connectivity index is 1.64. The first kappa shape index (κ1) is 21.8. The number of amides is 1. The zero-order valence-corrected chi connectivity index (χ0v) is 19.0. The van der Waals surface area contributed by atoms with Crippen LogP contribution in [0.15, 0.2) is 76.9 Å². The summed E-state index contributed by atoms with van der Waals surface area (Å²) in [6.45, 7) is 0. The summed E-state index contributed by atoms with van der Waals surface area (Å²) in [5, 5.41) is 15.1. The Labute approximate surface area is 194 Å². The Hall–Kier alpha value is -4.05. The van der Waals surface area contributed by atoms with Crippen molar-refractivity contribution in [3.8, 4) is 16.8 Å². The maximum Gasteiger partial charge on any atom is 0.308 e. The third kappa shape index (κ3) is 4.03. The number of aromatic nitrogens is 3. The fraction of sp³-hybridized carbons (Fsp3) is 0.167. The number of hydrogen-bond acceptors (Lipinski definition) is 6. The lowest BCUT2D eigenvalue weighted by Crippen LogP contribution is -2.33. The molecule has 0 spiro atoms. The third-order valence-electron chi connectivity index (χ3n) is 5.64. The van der Waals surface area contributed by atoms with Crippen molar-refractivity contribution in [1.29, 1.82) is 0 Å². The van der Waals surface area contributed by atoms with Crippen LogP contribution in [0.3, 0.4) is 0 Å². The molecule has 3 aromatic heterocycles. The number of nitrogens with zero attached hydrogens (tertiary/aromatic N) is 3. The summed E-state index contributed by atoms with van der Waals surface area (Å²) in [5.74, 6) is -0.424. The molecule has 172 valence electrons. The number of benzene rings is 1. The summed E-state index contributed by atoms with van der Waals surface area (Å²) in [5.41, 5.74) is 1.79. The SMILES string of the molecule is CS(=O)(=O)c1ccc(-c2cccc(-n3cc(C(=O)NC4CC4)c(=O)c4cccnc43)c2)c[n+]1[O-]. The molecule has 0 atom stereocenters. The van der Waals surface area contributed by atoms with Crippen LogP contribution in [0.4, 0.5) is 0 Å². The number of sulfone groups is 1. The van der Waals surface area contributed by atoms with Gasteiger partial charge in [-0.25, -0.2) is 13.4 Å². The van der Waals surface area contributed by atoms with Gasteiger partial charge in [-0.15, -0.1) is 0 Å². The molecule has 10 heteroatoms. The maximum atomic E-state index is 13.0. The summed E-state index contributed by atoms with van der Waals surface area (Å²) in [4.78, 5) is 30.1. The molecule has 9 nitrogen and oxygen atoms in total. The Bertz CT molecular complexity index is 1620. The fourth-order valence-corrected chi connectivity index (χ4v) is 4.46. The van der Waals surface area contributed by atoms with E-state index in [4.69, 9.17) is 0 Å². The number of nitrogens with one attached hydrogen (secondary N) is 1. The molecule has 1 amide bonds. The summed E-state index contributed by atoms with van der Waals surface area (Å²) in [6.07, 6.45) is 7.02. The lowest BCUT2D eigenvalue weighted by Gasteiger charge is -2.14. The quantitative estimate of drug-likeness (QED) is 0.347. The zero-order valence-electron chi connectivity index (χ0n) is 18.1. The number of carbonyl (C=O) groups excluding carboxylic acids is 1. The van der Waals surface area contributed by atoms with Crippen LogP contribution in [-0.4, -0.2) is 36.2 Å². The van der Waals surface area contributed by atoms with Crippen molar-refractivity contribution < 1.29 is 17.9 Å². The monoisotopic (exact) mass is 476 g/mol. The second-order valence-corrected chi connectivity index (χ2v) is 10.2. The summed E-state index contributed by atoms with van der Waals surface area (Å²) < 4.78 is 25.5.